The van der Waals surface area contributed by atoms with Crippen LogP contribution in [0.1, 0.15) is 31.4 Å². The molecule has 0 aliphatic heterocycles. The van der Waals surface area contributed by atoms with Crippen LogP contribution in [-0.2, 0) is 16.6 Å². The number of sulfonamides is 1. The molecule has 3 rings (SSSR count). The highest BCUT2D eigenvalue weighted by Gasteiger charge is 2.42. The van der Waals surface area contributed by atoms with E-state index in [0.29, 0.717) is 18.2 Å². The number of furan rings is 1. The molecule has 0 radical (unpaired) electrons. The summed E-state index contributed by atoms with van der Waals surface area (Å²) in [6.45, 7) is 0.836. The number of hydrogen-bond acceptors (Lipinski definition) is 4. The fourth-order valence-corrected chi connectivity index (χ4v) is 4.89. The summed E-state index contributed by atoms with van der Waals surface area (Å²) in [7, 11) is -3.48. The van der Waals surface area contributed by atoms with E-state index in [0.717, 1.165) is 25.7 Å². The molecule has 2 aliphatic rings. The Morgan fingerprint density at radius 1 is 1.37 bits per heavy atom. The van der Waals surface area contributed by atoms with Crippen LogP contribution in [0.3, 0.4) is 0 Å². The molecule has 0 unspecified atom stereocenters. The van der Waals surface area contributed by atoms with Gasteiger partial charge in [-0.2, -0.15) is 4.31 Å². The monoisotopic (exact) mass is 348 g/mol. The first-order valence-corrected chi connectivity index (χ1v) is 8.76. The van der Waals surface area contributed by atoms with Gasteiger partial charge in [0.2, 0.25) is 10.0 Å². The Hall–Kier alpha value is -0.370. The maximum Gasteiger partial charge on any atom is 0.247 e. The molecule has 1 heterocycles. The van der Waals surface area contributed by atoms with Crippen LogP contribution in [0.4, 0.5) is 0 Å². The average molecular weight is 349 g/mol. The summed E-state index contributed by atoms with van der Waals surface area (Å²) in [5.74, 6) is 1.02. The number of nitrogens with two attached hydrogens (primary N) is 1. The number of rotatable bonds is 6. The minimum atomic E-state index is -3.48. The van der Waals surface area contributed by atoms with Crippen molar-refractivity contribution in [1.82, 2.24) is 4.31 Å². The van der Waals surface area contributed by atoms with E-state index >= 15 is 0 Å². The third kappa shape index (κ3) is 2.74. The SMILES string of the molecule is NCc1cc(S(=O)(=O)N(CC2CC2)C2CC2)c(Br)o1. The summed E-state index contributed by atoms with van der Waals surface area (Å²) in [6.07, 6.45) is 4.20. The Kier molecular flexibility index (Phi) is 3.49. The van der Waals surface area contributed by atoms with Crippen LogP contribution >= 0.6 is 15.9 Å². The van der Waals surface area contributed by atoms with E-state index < -0.39 is 10.0 Å². The lowest BCUT2D eigenvalue weighted by Crippen LogP contribution is -2.34. The average Bonchev–Trinajstić information content (AvgIpc) is 3.24. The van der Waals surface area contributed by atoms with Crippen molar-refractivity contribution in [2.75, 3.05) is 6.54 Å². The Bertz CT molecular complexity index is 576. The van der Waals surface area contributed by atoms with Crippen LogP contribution in [0.15, 0.2) is 20.0 Å². The third-order valence-electron chi connectivity index (χ3n) is 3.58. The van der Waals surface area contributed by atoms with E-state index in [-0.39, 0.29) is 22.2 Å². The number of hydrogen-bond donors (Lipinski definition) is 1. The maximum atomic E-state index is 12.7. The molecule has 0 amide bonds. The first-order chi connectivity index (χ1) is 9.02. The Balaban J connectivity index is 1.91. The van der Waals surface area contributed by atoms with Crippen LogP contribution in [0.25, 0.3) is 0 Å². The van der Waals surface area contributed by atoms with Crippen molar-refractivity contribution in [3.8, 4) is 0 Å². The minimum absolute atomic E-state index is 0.175. The summed E-state index contributed by atoms with van der Waals surface area (Å²) in [4.78, 5) is 0.209. The van der Waals surface area contributed by atoms with Crippen molar-refractivity contribution >= 4 is 26.0 Å². The van der Waals surface area contributed by atoms with Crippen LogP contribution in [0.5, 0.6) is 0 Å². The van der Waals surface area contributed by atoms with Gasteiger partial charge in [-0.1, -0.05) is 0 Å². The summed E-state index contributed by atoms with van der Waals surface area (Å²) in [5.41, 5.74) is 5.49. The topological polar surface area (TPSA) is 76.5 Å². The standard InChI is InChI=1S/C12H17BrN2O3S/c13-12-11(5-10(6-14)18-12)19(16,17)15(9-3-4-9)7-8-1-2-8/h5,8-9H,1-4,6-7,14H2. The molecule has 0 saturated heterocycles. The van der Waals surface area contributed by atoms with Crippen LogP contribution in [0, 0.1) is 5.92 Å². The van der Waals surface area contributed by atoms with E-state index in [4.69, 9.17) is 10.2 Å². The van der Waals surface area contributed by atoms with Gasteiger partial charge in [-0.3, -0.25) is 0 Å². The zero-order chi connectivity index (χ0) is 13.6. The molecular formula is C12H17BrN2O3S. The second kappa shape index (κ2) is 4.87. The van der Waals surface area contributed by atoms with Crippen LogP contribution in [0.2, 0.25) is 0 Å². The highest BCUT2D eigenvalue weighted by Crippen LogP contribution is 2.39. The van der Waals surface area contributed by atoms with Crippen LogP contribution < -0.4 is 5.73 Å². The van der Waals surface area contributed by atoms with Gasteiger partial charge in [0.1, 0.15) is 10.7 Å². The Morgan fingerprint density at radius 3 is 2.53 bits per heavy atom. The Labute approximate surface area is 121 Å². The first-order valence-electron chi connectivity index (χ1n) is 6.52. The molecule has 1 aromatic rings. The fraction of sp³-hybridized carbons (Fsp3) is 0.667. The largest absolute Gasteiger partial charge is 0.452 e. The predicted molar refractivity (Wildman–Crippen MR) is 73.9 cm³/mol. The van der Waals surface area contributed by atoms with Gasteiger partial charge in [-0.15, -0.1) is 0 Å². The third-order valence-corrected chi connectivity index (χ3v) is 6.36. The lowest BCUT2D eigenvalue weighted by molar-refractivity contribution is 0.387. The molecule has 0 aromatic carbocycles. The van der Waals surface area contributed by atoms with E-state index in [1.54, 1.807) is 4.31 Å². The first kappa shape index (κ1) is 13.6. The van der Waals surface area contributed by atoms with Crippen molar-refractivity contribution in [3.63, 3.8) is 0 Å². The van der Waals surface area contributed by atoms with Crippen LogP contribution in [-0.4, -0.2) is 25.3 Å². The molecule has 1 aromatic heterocycles. The van der Waals surface area contributed by atoms with Gasteiger partial charge >= 0.3 is 0 Å². The molecule has 7 heteroatoms. The van der Waals surface area contributed by atoms with E-state index in [2.05, 4.69) is 15.9 Å². The van der Waals surface area contributed by atoms with E-state index in [1.807, 2.05) is 0 Å². The summed E-state index contributed by atoms with van der Waals surface area (Å²) < 4.78 is 32.7. The summed E-state index contributed by atoms with van der Waals surface area (Å²) in [5, 5.41) is 0. The van der Waals surface area contributed by atoms with Crippen molar-refractivity contribution in [3.05, 3.63) is 16.5 Å². The molecule has 0 atom stereocenters. The maximum absolute atomic E-state index is 12.7. The molecule has 2 aliphatic carbocycles. The molecule has 2 fully saturated rings. The number of nitrogens with zero attached hydrogens (tertiary/aromatic N) is 1. The van der Waals surface area contributed by atoms with Gasteiger partial charge < -0.3 is 10.2 Å². The van der Waals surface area contributed by atoms with E-state index in [1.165, 1.54) is 6.07 Å². The van der Waals surface area contributed by atoms with Gasteiger partial charge in [-0.05, 0) is 47.5 Å². The highest BCUT2D eigenvalue weighted by molar-refractivity contribution is 9.10. The Morgan fingerprint density at radius 2 is 2.05 bits per heavy atom. The molecule has 2 N–H and O–H groups in total. The molecule has 0 spiro atoms. The quantitative estimate of drug-likeness (QED) is 0.853. The zero-order valence-electron chi connectivity index (χ0n) is 10.5. The molecule has 106 valence electrons. The lowest BCUT2D eigenvalue weighted by atomic mass is 10.4. The van der Waals surface area contributed by atoms with Gasteiger partial charge in [0.05, 0.1) is 6.54 Å². The minimum Gasteiger partial charge on any atom is -0.452 e. The number of halogens is 1. The van der Waals surface area contributed by atoms with Crippen molar-refractivity contribution < 1.29 is 12.8 Å². The predicted octanol–water partition coefficient (Wildman–Crippen LogP) is 2.06. The van der Waals surface area contributed by atoms with Gasteiger partial charge in [0.15, 0.2) is 4.67 Å². The molecule has 5 nitrogen and oxygen atoms in total. The molecule has 2 saturated carbocycles. The summed E-state index contributed by atoms with van der Waals surface area (Å²) in [6, 6.07) is 1.70. The van der Waals surface area contributed by atoms with Gasteiger partial charge in [0, 0.05) is 18.7 Å². The lowest BCUT2D eigenvalue weighted by Gasteiger charge is -2.20. The highest BCUT2D eigenvalue weighted by atomic mass is 79.9. The zero-order valence-corrected chi connectivity index (χ0v) is 12.9. The van der Waals surface area contributed by atoms with Gasteiger partial charge in [-0.25, -0.2) is 8.42 Å². The fourth-order valence-electron chi connectivity index (χ4n) is 2.16. The van der Waals surface area contributed by atoms with E-state index in [9.17, 15) is 8.42 Å². The van der Waals surface area contributed by atoms with Crippen molar-refractivity contribution in [2.45, 2.75) is 43.2 Å². The smallest absolute Gasteiger partial charge is 0.247 e. The molecule has 19 heavy (non-hydrogen) atoms. The molecule has 0 bridgehead atoms. The molecular weight excluding hydrogens is 332 g/mol. The normalized spacial score (nSPS) is 20.2. The summed E-state index contributed by atoms with van der Waals surface area (Å²) >= 11 is 3.19. The van der Waals surface area contributed by atoms with Gasteiger partial charge in [0.25, 0.3) is 0 Å². The van der Waals surface area contributed by atoms with Crippen molar-refractivity contribution in [1.29, 1.82) is 0 Å². The van der Waals surface area contributed by atoms with Crippen molar-refractivity contribution in [2.24, 2.45) is 11.7 Å². The second-order valence-electron chi connectivity index (χ2n) is 5.30. The second-order valence-corrected chi connectivity index (χ2v) is 7.88.